The number of aryl methyl sites for hydroxylation is 1. The molecule has 2 saturated heterocycles. The van der Waals surface area contributed by atoms with Crippen LogP contribution in [0.4, 0.5) is 32.2 Å². The number of anilines is 4. The number of hydrogen-bond donors (Lipinski definition) is 3. The summed E-state index contributed by atoms with van der Waals surface area (Å²) < 4.78 is 30.3. The van der Waals surface area contributed by atoms with Crippen molar-refractivity contribution in [2.45, 2.75) is 51.4 Å². The Kier molecular flexibility index (Phi) is 7.35. The lowest BCUT2D eigenvalue weighted by molar-refractivity contribution is -0.0222. The van der Waals surface area contributed by atoms with Crippen molar-refractivity contribution in [3.8, 4) is 0 Å². The van der Waals surface area contributed by atoms with E-state index < -0.39 is 11.8 Å². The summed E-state index contributed by atoms with van der Waals surface area (Å²) in [6, 6.07) is 1.65. The number of aromatic nitrogens is 4. The second kappa shape index (κ2) is 10.5. The molecule has 2 aliphatic heterocycles. The first kappa shape index (κ1) is 25.8. The van der Waals surface area contributed by atoms with Crippen LogP contribution in [0.1, 0.15) is 54.7 Å². The molecular formula is C24H32F2N8O2S. The molecule has 0 radical (unpaired) electrons. The molecule has 37 heavy (non-hydrogen) atoms. The SMILES string of the molecule is Cc1cc(NC(=O)c2ncc(NSCCO)nc2N2CCC3(CC2)CC3)nc(N2CCC(F)(F)CC2)n1. The maximum absolute atomic E-state index is 13.6. The molecule has 10 nitrogen and oxygen atoms in total. The predicted octanol–water partition coefficient (Wildman–Crippen LogP) is 3.50. The molecule has 1 saturated carbocycles. The molecule has 2 aromatic rings. The standard InChI is InChI=1S/C24H32F2N8O2S/c1-16-14-17(31-22(28-16)34-10-6-24(25,26)7-11-34)30-21(36)19-20(29-18(15-27-19)32-37-13-12-35)33-8-4-23(2-3-23)5-9-33/h14-15,35H,2-13H2,1H3,(H,29,32)(H,28,30,31,36). The minimum Gasteiger partial charge on any atom is -0.395 e. The molecule has 2 aromatic heterocycles. The fraction of sp³-hybridized carbons (Fsp3) is 0.625. The van der Waals surface area contributed by atoms with Crippen molar-refractivity contribution in [1.82, 2.24) is 19.9 Å². The van der Waals surface area contributed by atoms with Crippen LogP contribution in [0.15, 0.2) is 12.3 Å². The maximum Gasteiger partial charge on any atom is 0.279 e. The van der Waals surface area contributed by atoms with Crippen molar-refractivity contribution in [2.75, 3.05) is 58.4 Å². The number of nitrogens with zero attached hydrogens (tertiary/aromatic N) is 6. The molecule has 5 rings (SSSR count). The van der Waals surface area contributed by atoms with Gasteiger partial charge >= 0.3 is 0 Å². The molecule has 0 aromatic carbocycles. The van der Waals surface area contributed by atoms with Crippen molar-refractivity contribution in [1.29, 1.82) is 0 Å². The summed E-state index contributed by atoms with van der Waals surface area (Å²) in [4.78, 5) is 35.2. The van der Waals surface area contributed by atoms with Gasteiger partial charge in [0.25, 0.3) is 11.8 Å². The highest BCUT2D eigenvalue weighted by Gasteiger charge is 2.45. The number of amides is 1. The van der Waals surface area contributed by atoms with Gasteiger partial charge in [-0.05, 0) is 50.0 Å². The number of aliphatic hydroxyl groups is 1. The Morgan fingerprint density at radius 2 is 1.73 bits per heavy atom. The quantitative estimate of drug-likeness (QED) is 0.343. The zero-order valence-electron chi connectivity index (χ0n) is 20.8. The van der Waals surface area contributed by atoms with E-state index in [0.717, 1.165) is 25.9 Å². The largest absolute Gasteiger partial charge is 0.395 e. The molecule has 3 aliphatic rings. The molecule has 0 bridgehead atoms. The Balaban J connectivity index is 1.35. The Morgan fingerprint density at radius 3 is 2.41 bits per heavy atom. The van der Waals surface area contributed by atoms with E-state index in [2.05, 4.69) is 29.9 Å². The first-order valence-corrected chi connectivity index (χ1v) is 13.6. The van der Waals surface area contributed by atoms with Crippen molar-refractivity contribution < 1.29 is 18.7 Å². The molecule has 0 atom stereocenters. The molecular weight excluding hydrogens is 502 g/mol. The third kappa shape index (κ3) is 6.20. The van der Waals surface area contributed by atoms with Crippen molar-refractivity contribution in [3.05, 3.63) is 23.7 Å². The molecule has 3 fully saturated rings. The van der Waals surface area contributed by atoms with Crippen LogP contribution in [0, 0.1) is 12.3 Å². The zero-order valence-corrected chi connectivity index (χ0v) is 21.7. The monoisotopic (exact) mass is 534 g/mol. The van der Waals surface area contributed by atoms with E-state index in [1.807, 2.05) is 0 Å². The topological polar surface area (TPSA) is 119 Å². The number of carbonyl (C=O) groups excluding carboxylic acids is 1. The number of nitrogens with one attached hydrogen (secondary N) is 2. The van der Waals surface area contributed by atoms with E-state index >= 15 is 0 Å². The number of hydrogen-bond acceptors (Lipinski definition) is 10. The van der Waals surface area contributed by atoms with Gasteiger partial charge in [-0.1, -0.05) is 0 Å². The summed E-state index contributed by atoms with van der Waals surface area (Å²) in [6.45, 7) is 3.72. The summed E-state index contributed by atoms with van der Waals surface area (Å²) in [5.41, 5.74) is 1.28. The summed E-state index contributed by atoms with van der Waals surface area (Å²) >= 11 is 1.31. The lowest BCUT2D eigenvalue weighted by atomic mass is 9.93. The minimum absolute atomic E-state index is 0.0346. The van der Waals surface area contributed by atoms with Gasteiger partial charge in [0.1, 0.15) is 5.82 Å². The molecule has 1 amide bonds. The lowest BCUT2D eigenvalue weighted by Gasteiger charge is -2.33. The Bertz CT molecular complexity index is 1130. The van der Waals surface area contributed by atoms with Gasteiger partial charge < -0.3 is 24.9 Å². The van der Waals surface area contributed by atoms with E-state index in [1.165, 1.54) is 31.0 Å². The Labute approximate surface area is 218 Å². The average Bonchev–Trinajstić information content (AvgIpc) is 3.62. The van der Waals surface area contributed by atoms with E-state index in [-0.39, 0.29) is 44.0 Å². The van der Waals surface area contributed by atoms with Crippen LogP contribution in [0.3, 0.4) is 0 Å². The lowest BCUT2D eigenvalue weighted by Crippen LogP contribution is -2.40. The third-order valence-electron chi connectivity index (χ3n) is 7.28. The summed E-state index contributed by atoms with van der Waals surface area (Å²) in [7, 11) is 0. The molecule has 13 heteroatoms. The van der Waals surface area contributed by atoms with Crippen molar-refractivity contribution in [3.63, 3.8) is 0 Å². The zero-order chi connectivity index (χ0) is 26.0. The third-order valence-corrected chi connectivity index (χ3v) is 8.02. The van der Waals surface area contributed by atoms with Gasteiger partial charge in [0.05, 0.1) is 12.8 Å². The molecule has 0 unspecified atom stereocenters. The highest BCUT2D eigenvalue weighted by atomic mass is 32.2. The molecule has 1 aliphatic carbocycles. The van der Waals surface area contributed by atoms with Crippen LogP contribution in [0.5, 0.6) is 0 Å². The fourth-order valence-electron chi connectivity index (χ4n) is 4.82. The number of piperidine rings is 2. The van der Waals surface area contributed by atoms with Gasteiger partial charge in [0, 0.05) is 56.5 Å². The van der Waals surface area contributed by atoms with E-state index in [0.29, 0.717) is 34.4 Å². The van der Waals surface area contributed by atoms with Crippen LogP contribution < -0.4 is 19.8 Å². The number of rotatable bonds is 8. The normalized spacial score (nSPS) is 20.1. The maximum atomic E-state index is 13.6. The van der Waals surface area contributed by atoms with Gasteiger partial charge in [-0.25, -0.2) is 23.7 Å². The van der Waals surface area contributed by atoms with Gasteiger partial charge in [-0.15, -0.1) is 0 Å². The second-order valence-electron chi connectivity index (χ2n) is 10.1. The number of carbonyl (C=O) groups is 1. The van der Waals surface area contributed by atoms with E-state index in [4.69, 9.17) is 10.1 Å². The van der Waals surface area contributed by atoms with Crippen molar-refractivity contribution in [2.24, 2.45) is 5.41 Å². The fourth-order valence-corrected chi connectivity index (χ4v) is 5.26. The molecule has 1 spiro atoms. The smallest absolute Gasteiger partial charge is 0.279 e. The predicted molar refractivity (Wildman–Crippen MR) is 139 cm³/mol. The number of alkyl halides is 2. The molecule has 3 N–H and O–H groups in total. The van der Waals surface area contributed by atoms with Gasteiger partial charge in [0.15, 0.2) is 17.3 Å². The average molecular weight is 535 g/mol. The van der Waals surface area contributed by atoms with Crippen LogP contribution in [-0.4, -0.2) is 75.4 Å². The summed E-state index contributed by atoms with van der Waals surface area (Å²) in [5.74, 6) is -0.992. The van der Waals surface area contributed by atoms with Gasteiger partial charge in [-0.3, -0.25) is 4.79 Å². The van der Waals surface area contributed by atoms with Crippen LogP contribution in [0.25, 0.3) is 0 Å². The van der Waals surface area contributed by atoms with Crippen LogP contribution in [-0.2, 0) is 0 Å². The van der Waals surface area contributed by atoms with Crippen LogP contribution in [0.2, 0.25) is 0 Å². The number of halogens is 2. The number of aliphatic hydroxyl groups excluding tert-OH is 1. The highest BCUT2D eigenvalue weighted by molar-refractivity contribution is 8.00. The Morgan fingerprint density at radius 1 is 1.03 bits per heavy atom. The van der Waals surface area contributed by atoms with Crippen molar-refractivity contribution >= 4 is 41.3 Å². The van der Waals surface area contributed by atoms with Gasteiger partial charge in [-0.2, -0.15) is 4.98 Å². The Hall–Kier alpha value is -2.80. The summed E-state index contributed by atoms with van der Waals surface area (Å²) in [5, 5.41) is 11.9. The first-order chi connectivity index (χ1) is 17.8. The second-order valence-corrected chi connectivity index (χ2v) is 11.0. The first-order valence-electron chi connectivity index (χ1n) is 12.7. The molecule has 200 valence electrons. The van der Waals surface area contributed by atoms with E-state index in [1.54, 1.807) is 17.9 Å². The van der Waals surface area contributed by atoms with Gasteiger partial charge in [0.2, 0.25) is 5.95 Å². The van der Waals surface area contributed by atoms with E-state index in [9.17, 15) is 13.6 Å². The van der Waals surface area contributed by atoms with Crippen LogP contribution >= 0.6 is 11.9 Å². The highest BCUT2D eigenvalue weighted by Crippen LogP contribution is 2.54. The summed E-state index contributed by atoms with van der Waals surface area (Å²) in [6.07, 6.45) is 5.66. The minimum atomic E-state index is -2.67. The molecule has 4 heterocycles.